The number of nitrogens with zero attached hydrogens (tertiary/aromatic N) is 3. The molecule has 0 aliphatic heterocycles. The van der Waals surface area contributed by atoms with Gasteiger partial charge in [0.05, 0.1) is 34.7 Å². The van der Waals surface area contributed by atoms with E-state index in [0.29, 0.717) is 39.2 Å². The zero-order chi connectivity index (χ0) is 26.2. The SMILES string of the molecule is C.COc1ccc(-c2cc(F)cc(Cl)c2)cc1-n1c(=O)ccc2cc(S(=O)(=O)Cc3ccncn3)ccc21. The van der Waals surface area contributed by atoms with Gasteiger partial charge in [-0.2, -0.15) is 0 Å². The standard InChI is InChI=1S/C27H19ClFN3O4S.CH4/c1-36-26-6-2-17(19-10-20(28)14-21(29)11-19)13-25(26)32-24-5-4-23(12-18(24)3-7-27(32)33)37(34,35)15-22-8-9-30-16-31-22;/h2-14,16H,15H2,1H3;1H4. The summed E-state index contributed by atoms with van der Waals surface area (Å²) < 4.78 is 47.0. The maximum atomic E-state index is 14.0. The van der Waals surface area contributed by atoms with Crippen LogP contribution in [0.1, 0.15) is 13.1 Å². The lowest BCUT2D eigenvalue weighted by molar-refractivity contribution is 0.413. The second-order valence-corrected chi connectivity index (χ2v) is 10.7. The smallest absolute Gasteiger partial charge is 0.255 e. The molecule has 0 saturated heterocycles. The van der Waals surface area contributed by atoms with Crippen molar-refractivity contribution in [3.05, 3.63) is 112 Å². The molecule has 3 aromatic carbocycles. The summed E-state index contributed by atoms with van der Waals surface area (Å²) in [4.78, 5) is 21.0. The molecular weight excluding hydrogens is 529 g/mol. The van der Waals surface area contributed by atoms with Gasteiger partial charge in [-0.05, 0) is 71.8 Å². The molecule has 0 radical (unpaired) electrons. The van der Waals surface area contributed by atoms with Crippen LogP contribution in [0.4, 0.5) is 4.39 Å². The lowest BCUT2D eigenvalue weighted by Crippen LogP contribution is -2.18. The van der Waals surface area contributed by atoms with Crippen LogP contribution in [0.2, 0.25) is 5.02 Å². The third-order valence-corrected chi connectivity index (χ3v) is 7.69. The van der Waals surface area contributed by atoms with E-state index in [1.165, 1.54) is 54.5 Å². The summed E-state index contributed by atoms with van der Waals surface area (Å²) in [6.07, 6.45) is 2.78. The Morgan fingerprint density at radius 1 is 0.974 bits per heavy atom. The average Bonchev–Trinajstić information content (AvgIpc) is 2.88. The van der Waals surface area contributed by atoms with Gasteiger partial charge in [0, 0.05) is 22.7 Å². The van der Waals surface area contributed by atoms with E-state index < -0.39 is 15.7 Å². The number of benzene rings is 3. The molecule has 38 heavy (non-hydrogen) atoms. The van der Waals surface area contributed by atoms with E-state index in [1.54, 1.807) is 42.5 Å². The number of halogens is 2. The highest BCUT2D eigenvalue weighted by molar-refractivity contribution is 7.90. The second-order valence-electron chi connectivity index (χ2n) is 8.23. The lowest BCUT2D eigenvalue weighted by Gasteiger charge is -2.16. The largest absolute Gasteiger partial charge is 0.495 e. The predicted molar refractivity (Wildman–Crippen MR) is 146 cm³/mol. The Bertz CT molecular complexity index is 1790. The van der Waals surface area contributed by atoms with E-state index in [1.807, 2.05) is 0 Å². The Morgan fingerprint density at radius 3 is 2.50 bits per heavy atom. The minimum absolute atomic E-state index is 0. The fourth-order valence-electron chi connectivity index (χ4n) is 4.11. The number of rotatable bonds is 6. The zero-order valence-corrected chi connectivity index (χ0v) is 21.0. The number of aromatic nitrogens is 3. The molecule has 0 bridgehead atoms. The minimum Gasteiger partial charge on any atom is -0.495 e. The fraction of sp³-hybridized carbons (Fsp3) is 0.107. The molecule has 0 atom stereocenters. The summed E-state index contributed by atoms with van der Waals surface area (Å²) in [6, 6.07) is 18.3. The van der Waals surface area contributed by atoms with Crippen LogP contribution in [0, 0.1) is 5.82 Å². The Kier molecular flexibility index (Phi) is 7.61. The van der Waals surface area contributed by atoms with Crippen LogP contribution in [0.25, 0.3) is 27.7 Å². The van der Waals surface area contributed by atoms with Crippen LogP contribution < -0.4 is 10.3 Å². The second kappa shape index (κ2) is 10.7. The third-order valence-electron chi connectivity index (χ3n) is 5.82. The number of methoxy groups -OCH3 is 1. The molecule has 7 nitrogen and oxygen atoms in total. The predicted octanol–water partition coefficient (Wildman–Crippen LogP) is 5.86. The van der Waals surface area contributed by atoms with Gasteiger partial charge >= 0.3 is 0 Å². The highest BCUT2D eigenvalue weighted by Crippen LogP contribution is 2.32. The van der Waals surface area contributed by atoms with Crippen molar-refractivity contribution in [1.82, 2.24) is 14.5 Å². The molecule has 2 heterocycles. The van der Waals surface area contributed by atoms with Crippen molar-refractivity contribution in [3.8, 4) is 22.6 Å². The number of ether oxygens (including phenoxy) is 1. The molecule has 0 aliphatic rings. The Morgan fingerprint density at radius 2 is 1.79 bits per heavy atom. The first-order valence-electron chi connectivity index (χ1n) is 11.0. The van der Waals surface area contributed by atoms with Gasteiger partial charge in [-0.15, -0.1) is 0 Å². The zero-order valence-electron chi connectivity index (χ0n) is 19.4. The van der Waals surface area contributed by atoms with Crippen LogP contribution in [0.5, 0.6) is 5.75 Å². The molecule has 5 aromatic rings. The van der Waals surface area contributed by atoms with E-state index in [0.717, 1.165) is 0 Å². The lowest BCUT2D eigenvalue weighted by atomic mass is 10.0. The van der Waals surface area contributed by atoms with Crippen molar-refractivity contribution in [2.24, 2.45) is 0 Å². The normalized spacial score (nSPS) is 11.2. The summed E-state index contributed by atoms with van der Waals surface area (Å²) in [6.45, 7) is 0. The van der Waals surface area contributed by atoms with Crippen molar-refractivity contribution in [3.63, 3.8) is 0 Å². The van der Waals surface area contributed by atoms with E-state index in [2.05, 4.69) is 9.97 Å². The van der Waals surface area contributed by atoms with Gasteiger partial charge in [0.1, 0.15) is 17.9 Å². The molecule has 0 saturated carbocycles. The van der Waals surface area contributed by atoms with Gasteiger partial charge in [0.2, 0.25) is 0 Å². The van der Waals surface area contributed by atoms with Crippen LogP contribution in [-0.4, -0.2) is 30.1 Å². The van der Waals surface area contributed by atoms with Crippen molar-refractivity contribution in [2.45, 2.75) is 18.1 Å². The van der Waals surface area contributed by atoms with Gasteiger partial charge in [0.25, 0.3) is 5.56 Å². The van der Waals surface area contributed by atoms with Crippen LogP contribution in [0.15, 0.2) is 95.0 Å². The molecule has 2 aromatic heterocycles. The topological polar surface area (TPSA) is 91.2 Å². The maximum Gasteiger partial charge on any atom is 0.255 e. The van der Waals surface area contributed by atoms with Gasteiger partial charge in [-0.1, -0.05) is 25.1 Å². The minimum atomic E-state index is -3.71. The first kappa shape index (κ1) is 27.0. The van der Waals surface area contributed by atoms with Crippen molar-refractivity contribution < 1.29 is 17.5 Å². The van der Waals surface area contributed by atoms with Gasteiger partial charge < -0.3 is 4.74 Å². The first-order valence-corrected chi connectivity index (χ1v) is 13.1. The van der Waals surface area contributed by atoms with Crippen LogP contribution >= 0.6 is 11.6 Å². The van der Waals surface area contributed by atoms with Gasteiger partial charge in [-0.25, -0.2) is 22.8 Å². The van der Waals surface area contributed by atoms with E-state index >= 15 is 0 Å². The molecule has 0 unspecified atom stereocenters. The summed E-state index contributed by atoms with van der Waals surface area (Å²) in [5, 5.41) is 0.773. The summed E-state index contributed by atoms with van der Waals surface area (Å²) >= 11 is 6.05. The van der Waals surface area contributed by atoms with Crippen LogP contribution in [-0.2, 0) is 15.6 Å². The summed E-state index contributed by atoms with van der Waals surface area (Å²) in [5.74, 6) is -0.369. The molecule has 5 rings (SSSR count). The summed E-state index contributed by atoms with van der Waals surface area (Å²) in [7, 11) is -2.23. The molecule has 194 valence electrons. The number of hydrogen-bond donors (Lipinski definition) is 0. The molecule has 0 fully saturated rings. The van der Waals surface area contributed by atoms with Crippen LogP contribution in [0.3, 0.4) is 0 Å². The van der Waals surface area contributed by atoms with E-state index in [4.69, 9.17) is 16.3 Å². The molecule has 0 aliphatic carbocycles. The molecule has 10 heteroatoms. The number of fused-ring (bicyclic) bond motifs is 1. The Balaban J connectivity index is 0.00000336. The molecule has 0 N–H and O–H groups in total. The number of hydrogen-bond acceptors (Lipinski definition) is 6. The quantitative estimate of drug-likeness (QED) is 0.262. The Hall–Kier alpha value is -4.08. The van der Waals surface area contributed by atoms with E-state index in [9.17, 15) is 17.6 Å². The first-order chi connectivity index (χ1) is 17.7. The van der Waals surface area contributed by atoms with Gasteiger partial charge in [-0.3, -0.25) is 9.36 Å². The monoisotopic (exact) mass is 551 g/mol. The highest BCUT2D eigenvalue weighted by atomic mass is 35.5. The molecule has 0 spiro atoms. The average molecular weight is 552 g/mol. The van der Waals surface area contributed by atoms with Gasteiger partial charge in [0.15, 0.2) is 9.84 Å². The highest BCUT2D eigenvalue weighted by Gasteiger charge is 2.19. The van der Waals surface area contributed by atoms with E-state index in [-0.39, 0.29) is 28.7 Å². The van der Waals surface area contributed by atoms with Crippen molar-refractivity contribution in [1.29, 1.82) is 0 Å². The maximum absolute atomic E-state index is 14.0. The third kappa shape index (κ3) is 5.29. The summed E-state index contributed by atoms with van der Waals surface area (Å²) in [5.41, 5.74) is 2.05. The Labute approximate surface area is 224 Å². The van der Waals surface area contributed by atoms with Crippen molar-refractivity contribution in [2.75, 3.05) is 7.11 Å². The van der Waals surface area contributed by atoms with Crippen molar-refractivity contribution >= 4 is 32.3 Å². The molecular formula is C28H23ClFN3O4S. The number of pyridine rings is 1. The number of sulfone groups is 1. The fourth-order valence-corrected chi connectivity index (χ4v) is 5.64. The molecule has 0 amide bonds.